The molecule has 2 rings (SSSR count). The second-order valence-corrected chi connectivity index (χ2v) is 4.51. The molecule has 0 atom stereocenters. The van der Waals surface area contributed by atoms with Crippen LogP contribution in [0.25, 0.3) is 0 Å². The molecule has 1 aromatic carbocycles. The van der Waals surface area contributed by atoms with Crippen LogP contribution in [0.2, 0.25) is 0 Å². The topological polar surface area (TPSA) is 76.8 Å². The number of nitrogens with one attached hydrogen (secondary N) is 1. The summed E-state index contributed by atoms with van der Waals surface area (Å²) >= 11 is 1.57. The Morgan fingerprint density at radius 2 is 2.29 bits per heavy atom. The number of hydrogen-bond donors (Lipinski definition) is 2. The van der Waals surface area contributed by atoms with Gasteiger partial charge in [0.05, 0.1) is 12.8 Å². The highest BCUT2D eigenvalue weighted by atomic mass is 32.2. The minimum atomic E-state index is 0.650. The van der Waals surface area contributed by atoms with Gasteiger partial charge in [0.25, 0.3) is 0 Å². The predicted octanol–water partition coefficient (Wildman–Crippen LogP) is 2.00. The molecule has 17 heavy (non-hydrogen) atoms. The Balaban J connectivity index is 2.02. The molecule has 2 aromatic rings. The van der Waals surface area contributed by atoms with E-state index in [1.807, 2.05) is 25.1 Å². The molecule has 0 bridgehead atoms. The first-order valence-corrected chi connectivity index (χ1v) is 6.12. The molecule has 6 heteroatoms. The number of aromatic amines is 1. The molecule has 3 N–H and O–H groups in total. The molecule has 0 amide bonds. The Labute approximate surface area is 104 Å². The van der Waals surface area contributed by atoms with Gasteiger partial charge in [0.2, 0.25) is 5.16 Å². The molecule has 0 unspecified atom stereocenters. The molecule has 1 aromatic heterocycles. The third kappa shape index (κ3) is 2.91. The molecule has 0 radical (unpaired) electrons. The molecule has 5 nitrogen and oxygen atoms in total. The number of anilines is 1. The Morgan fingerprint density at radius 1 is 1.47 bits per heavy atom. The number of rotatable bonds is 4. The molecule has 0 aliphatic rings. The Kier molecular flexibility index (Phi) is 3.53. The van der Waals surface area contributed by atoms with E-state index in [9.17, 15) is 0 Å². The van der Waals surface area contributed by atoms with Crippen molar-refractivity contribution in [2.24, 2.45) is 0 Å². The molecular weight excluding hydrogens is 236 g/mol. The number of H-pyrrole nitrogens is 1. The molecule has 0 aliphatic carbocycles. The highest BCUT2D eigenvalue weighted by Crippen LogP contribution is 2.25. The van der Waals surface area contributed by atoms with Gasteiger partial charge in [-0.3, -0.25) is 5.10 Å². The first kappa shape index (κ1) is 11.8. The summed E-state index contributed by atoms with van der Waals surface area (Å²) in [6, 6.07) is 5.77. The lowest BCUT2D eigenvalue weighted by atomic mass is 10.2. The largest absolute Gasteiger partial charge is 0.495 e. The average Bonchev–Trinajstić information content (AvgIpc) is 2.73. The van der Waals surface area contributed by atoms with Gasteiger partial charge in [-0.05, 0) is 24.6 Å². The van der Waals surface area contributed by atoms with Gasteiger partial charge in [0, 0.05) is 5.75 Å². The van der Waals surface area contributed by atoms with Gasteiger partial charge in [0.1, 0.15) is 11.6 Å². The van der Waals surface area contributed by atoms with E-state index in [1.54, 1.807) is 18.9 Å². The summed E-state index contributed by atoms with van der Waals surface area (Å²) in [6.07, 6.45) is 0. The van der Waals surface area contributed by atoms with Crippen LogP contribution in [0.3, 0.4) is 0 Å². The van der Waals surface area contributed by atoms with E-state index in [1.165, 1.54) is 0 Å². The number of aryl methyl sites for hydroxylation is 1. The molecular formula is C11H14N4OS. The van der Waals surface area contributed by atoms with Crippen LogP contribution < -0.4 is 10.5 Å². The predicted molar refractivity (Wildman–Crippen MR) is 68.1 cm³/mol. The molecule has 90 valence electrons. The van der Waals surface area contributed by atoms with Crippen molar-refractivity contribution < 1.29 is 4.74 Å². The second-order valence-electron chi connectivity index (χ2n) is 3.57. The monoisotopic (exact) mass is 250 g/mol. The van der Waals surface area contributed by atoms with Crippen LogP contribution in [0.1, 0.15) is 11.4 Å². The Hall–Kier alpha value is -1.69. The number of nitrogens with zero attached hydrogens (tertiary/aromatic N) is 2. The van der Waals surface area contributed by atoms with E-state index in [0.717, 1.165) is 22.3 Å². The van der Waals surface area contributed by atoms with Crippen molar-refractivity contribution >= 4 is 17.4 Å². The van der Waals surface area contributed by atoms with Gasteiger partial charge in [-0.15, -0.1) is 5.10 Å². The summed E-state index contributed by atoms with van der Waals surface area (Å²) < 4.78 is 5.10. The normalized spacial score (nSPS) is 10.5. The molecule has 0 fully saturated rings. The fourth-order valence-electron chi connectivity index (χ4n) is 1.41. The Bertz CT molecular complexity index is 512. The SMILES string of the molecule is COc1ccc(CSc2n[nH]c(C)n2)cc1N. The van der Waals surface area contributed by atoms with Crippen LogP contribution in [-0.2, 0) is 5.75 Å². The number of nitrogens with two attached hydrogens (primary N) is 1. The van der Waals surface area contributed by atoms with E-state index in [4.69, 9.17) is 10.5 Å². The summed E-state index contributed by atoms with van der Waals surface area (Å²) in [7, 11) is 1.61. The van der Waals surface area contributed by atoms with Crippen LogP contribution in [-0.4, -0.2) is 22.3 Å². The number of nitrogen functional groups attached to an aromatic ring is 1. The highest BCUT2D eigenvalue weighted by molar-refractivity contribution is 7.98. The zero-order valence-corrected chi connectivity index (χ0v) is 10.5. The molecule has 0 aliphatic heterocycles. The number of benzene rings is 1. The minimum Gasteiger partial charge on any atom is -0.495 e. The van der Waals surface area contributed by atoms with Crippen molar-refractivity contribution in [2.45, 2.75) is 17.8 Å². The lowest BCUT2D eigenvalue weighted by molar-refractivity contribution is 0.417. The van der Waals surface area contributed by atoms with E-state index in [2.05, 4.69) is 15.2 Å². The van der Waals surface area contributed by atoms with Gasteiger partial charge in [-0.2, -0.15) is 0 Å². The van der Waals surface area contributed by atoms with Crippen LogP contribution in [0, 0.1) is 6.92 Å². The van der Waals surface area contributed by atoms with Gasteiger partial charge in [-0.1, -0.05) is 17.8 Å². The van der Waals surface area contributed by atoms with Crippen LogP contribution in [0.5, 0.6) is 5.75 Å². The molecule has 0 spiro atoms. The number of methoxy groups -OCH3 is 1. The zero-order valence-electron chi connectivity index (χ0n) is 9.73. The van der Waals surface area contributed by atoms with E-state index in [-0.39, 0.29) is 0 Å². The maximum Gasteiger partial charge on any atom is 0.208 e. The number of ether oxygens (including phenoxy) is 1. The van der Waals surface area contributed by atoms with Gasteiger partial charge in [-0.25, -0.2) is 4.98 Å². The van der Waals surface area contributed by atoms with Crippen molar-refractivity contribution in [3.63, 3.8) is 0 Å². The minimum absolute atomic E-state index is 0.650. The van der Waals surface area contributed by atoms with Crippen molar-refractivity contribution in [2.75, 3.05) is 12.8 Å². The standard InChI is InChI=1S/C11H14N4OS/c1-7-13-11(15-14-7)17-6-8-3-4-10(16-2)9(12)5-8/h3-5H,6,12H2,1-2H3,(H,13,14,15). The lowest BCUT2D eigenvalue weighted by Crippen LogP contribution is -1.93. The number of aromatic nitrogens is 3. The van der Waals surface area contributed by atoms with E-state index < -0.39 is 0 Å². The van der Waals surface area contributed by atoms with Crippen LogP contribution in [0.4, 0.5) is 5.69 Å². The van der Waals surface area contributed by atoms with Crippen LogP contribution in [0.15, 0.2) is 23.4 Å². The van der Waals surface area contributed by atoms with Gasteiger partial charge >= 0.3 is 0 Å². The molecule has 0 saturated carbocycles. The number of thioether (sulfide) groups is 1. The summed E-state index contributed by atoms with van der Waals surface area (Å²) in [6.45, 7) is 1.88. The Morgan fingerprint density at radius 3 is 2.88 bits per heavy atom. The van der Waals surface area contributed by atoms with Crippen molar-refractivity contribution in [1.82, 2.24) is 15.2 Å². The first-order chi connectivity index (χ1) is 8.19. The summed E-state index contributed by atoms with van der Waals surface area (Å²) in [5.74, 6) is 2.31. The van der Waals surface area contributed by atoms with Crippen LogP contribution >= 0.6 is 11.8 Å². The van der Waals surface area contributed by atoms with Gasteiger partial charge < -0.3 is 10.5 Å². The third-order valence-electron chi connectivity index (χ3n) is 2.24. The first-order valence-electron chi connectivity index (χ1n) is 5.13. The fraction of sp³-hybridized carbons (Fsp3) is 0.273. The third-order valence-corrected chi connectivity index (χ3v) is 3.16. The molecule has 0 saturated heterocycles. The van der Waals surface area contributed by atoms with Crippen molar-refractivity contribution in [3.05, 3.63) is 29.6 Å². The van der Waals surface area contributed by atoms with Gasteiger partial charge in [0.15, 0.2) is 0 Å². The smallest absolute Gasteiger partial charge is 0.208 e. The maximum atomic E-state index is 5.83. The fourth-order valence-corrected chi connectivity index (χ4v) is 2.20. The average molecular weight is 250 g/mol. The highest BCUT2D eigenvalue weighted by Gasteiger charge is 2.04. The quantitative estimate of drug-likeness (QED) is 0.641. The second kappa shape index (κ2) is 5.09. The van der Waals surface area contributed by atoms with Crippen molar-refractivity contribution in [1.29, 1.82) is 0 Å². The zero-order chi connectivity index (χ0) is 12.3. The maximum absolute atomic E-state index is 5.83. The van der Waals surface area contributed by atoms with E-state index >= 15 is 0 Å². The summed E-state index contributed by atoms with van der Waals surface area (Å²) in [5, 5.41) is 7.61. The lowest BCUT2D eigenvalue weighted by Gasteiger charge is -2.06. The van der Waals surface area contributed by atoms with E-state index in [0.29, 0.717) is 11.4 Å². The summed E-state index contributed by atoms with van der Waals surface area (Å²) in [5.41, 5.74) is 7.60. The number of hydrogen-bond acceptors (Lipinski definition) is 5. The molecule has 1 heterocycles. The van der Waals surface area contributed by atoms with Crippen molar-refractivity contribution in [3.8, 4) is 5.75 Å². The summed E-state index contributed by atoms with van der Waals surface area (Å²) in [4.78, 5) is 4.22.